The zero-order valence-electron chi connectivity index (χ0n) is 22.8. The first-order chi connectivity index (χ1) is 17.3. The zero-order chi connectivity index (χ0) is 28.3. The summed E-state index contributed by atoms with van der Waals surface area (Å²) in [4.78, 5) is 51.1. The molecule has 1 rings (SSSR count). The number of carbonyl (C=O) groups is 4. The highest BCUT2D eigenvalue weighted by atomic mass is 16.4. The van der Waals surface area contributed by atoms with Crippen LogP contribution in [0.4, 0.5) is 0 Å². The van der Waals surface area contributed by atoms with E-state index >= 15 is 0 Å². The molecular weight excluding hydrogens is 476 g/mol. The summed E-state index contributed by atoms with van der Waals surface area (Å²) in [7, 11) is 0. The van der Waals surface area contributed by atoms with Crippen molar-refractivity contribution in [1.29, 1.82) is 0 Å². The Morgan fingerprint density at radius 1 is 0.811 bits per heavy atom. The molecule has 37 heavy (non-hydrogen) atoms. The number of benzene rings is 1. The summed E-state index contributed by atoms with van der Waals surface area (Å²) in [6, 6.07) is 2.13. The van der Waals surface area contributed by atoms with Gasteiger partial charge in [0, 0.05) is 6.42 Å². The second-order valence-electron chi connectivity index (χ2n) is 10.2. The molecule has 0 aliphatic heterocycles. The van der Waals surface area contributed by atoms with Gasteiger partial charge >= 0.3 is 5.97 Å². The van der Waals surface area contributed by atoms with Crippen LogP contribution in [0.2, 0.25) is 0 Å². The van der Waals surface area contributed by atoms with Crippen LogP contribution < -0.4 is 21.7 Å². The summed E-state index contributed by atoms with van der Waals surface area (Å²) in [6.07, 6.45) is 1.62. The number of phenols is 1. The van der Waals surface area contributed by atoms with Gasteiger partial charge in [-0.25, -0.2) is 4.79 Å². The minimum Gasteiger partial charge on any atom is -0.508 e. The maximum atomic E-state index is 13.3. The minimum absolute atomic E-state index is 0.00180. The van der Waals surface area contributed by atoms with E-state index in [-0.39, 0.29) is 29.9 Å². The Balaban J connectivity index is 3.06. The summed E-state index contributed by atoms with van der Waals surface area (Å²) in [5, 5.41) is 27.2. The van der Waals surface area contributed by atoms with Crippen LogP contribution in [-0.4, -0.2) is 58.1 Å². The van der Waals surface area contributed by atoms with Crippen molar-refractivity contribution in [3.8, 4) is 5.75 Å². The van der Waals surface area contributed by atoms with Crippen LogP contribution in [0.25, 0.3) is 0 Å². The molecule has 10 heteroatoms. The molecule has 208 valence electrons. The Morgan fingerprint density at radius 2 is 1.27 bits per heavy atom. The monoisotopic (exact) mass is 520 g/mol. The molecule has 6 unspecified atom stereocenters. The smallest absolute Gasteiger partial charge is 0.326 e. The molecule has 0 bridgehead atoms. The molecule has 6 atom stereocenters. The Bertz CT molecular complexity index is 905. The SMILES string of the molecule is CCC(C)C(NC(=O)C(N)CC(C)C)C(=O)NC(C(=O)NC(Cc1ccc(O)cc1)C(=O)O)C(C)CC. The number of phenolic OH excluding ortho intramolecular Hbond substituents is 1. The van der Waals surface area contributed by atoms with Crippen molar-refractivity contribution >= 4 is 23.7 Å². The van der Waals surface area contributed by atoms with E-state index in [4.69, 9.17) is 5.73 Å². The minimum atomic E-state index is -1.24. The average molecular weight is 521 g/mol. The molecule has 7 N–H and O–H groups in total. The van der Waals surface area contributed by atoms with Gasteiger partial charge in [0.25, 0.3) is 0 Å². The van der Waals surface area contributed by atoms with E-state index in [2.05, 4.69) is 16.0 Å². The third-order valence-electron chi connectivity index (χ3n) is 6.64. The van der Waals surface area contributed by atoms with Crippen molar-refractivity contribution in [3.05, 3.63) is 29.8 Å². The lowest BCUT2D eigenvalue weighted by molar-refractivity contribution is -0.142. The molecule has 0 radical (unpaired) electrons. The number of carboxylic acids is 1. The molecule has 10 nitrogen and oxygen atoms in total. The standard InChI is InChI=1S/C27H44N4O6/c1-7-16(5)22(25(34)29-21(27(36)37)14-18-9-11-19(32)12-10-18)31-26(35)23(17(6)8-2)30-24(33)20(28)13-15(3)4/h9-12,15-17,20-23,32H,7-8,13-14,28H2,1-6H3,(H,29,34)(H,30,33)(H,31,35)(H,36,37). The number of nitrogens with two attached hydrogens (primary N) is 1. The first-order valence-corrected chi connectivity index (χ1v) is 13.0. The number of hydrogen-bond donors (Lipinski definition) is 6. The van der Waals surface area contributed by atoms with E-state index in [0.29, 0.717) is 24.8 Å². The van der Waals surface area contributed by atoms with Gasteiger partial charge in [-0.2, -0.15) is 0 Å². The van der Waals surface area contributed by atoms with Gasteiger partial charge < -0.3 is 31.9 Å². The van der Waals surface area contributed by atoms with Crippen molar-refractivity contribution in [3.63, 3.8) is 0 Å². The van der Waals surface area contributed by atoms with Gasteiger partial charge in [0.1, 0.15) is 23.9 Å². The molecule has 0 spiro atoms. The van der Waals surface area contributed by atoms with Gasteiger partial charge in [0.05, 0.1) is 6.04 Å². The van der Waals surface area contributed by atoms with Crippen molar-refractivity contribution in [2.75, 3.05) is 0 Å². The van der Waals surface area contributed by atoms with Crippen molar-refractivity contribution in [1.82, 2.24) is 16.0 Å². The maximum absolute atomic E-state index is 13.3. The molecular formula is C27H44N4O6. The van der Waals surface area contributed by atoms with Gasteiger partial charge in [-0.1, -0.05) is 66.5 Å². The number of aromatic hydroxyl groups is 1. The molecule has 1 aromatic carbocycles. The normalized spacial score (nSPS) is 16.1. The van der Waals surface area contributed by atoms with Crippen LogP contribution in [-0.2, 0) is 25.6 Å². The van der Waals surface area contributed by atoms with Gasteiger partial charge in [-0.15, -0.1) is 0 Å². The van der Waals surface area contributed by atoms with Crippen molar-refractivity contribution in [2.24, 2.45) is 23.5 Å². The van der Waals surface area contributed by atoms with Crippen LogP contribution in [0.1, 0.15) is 66.4 Å². The van der Waals surface area contributed by atoms with Crippen LogP contribution in [0, 0.1) is 17.8 Å². The topological polar surface area (TPSA) is 171 Å². The van der Waals surface area contributed by atoms with Crippen LogP contribution in [0.15, 0.2) is 24.3 Å². The summed E-state index contributed by atoms with van der Waals surface area (Å²) < 4.78 is 0. The summed E-state index contributed by atoms with van der Waals surface area (Å²) >= 11 is 0. The summed E-state index contributed by atoms with van der Waals surface area (Å²) in [6.45, 7) is 11.3. The summed E-state index contributed by atoms with van der Waals surface area (Å²) in [5.74, 6) is -3.07. The first kappa shape index (κ1) is 31.9. The molecule has 1 aromatic rings. The fraction of sp³-hybridized carbons (Fsp3) is 0.630. The third kappa shape index (κ3) is 10.4. The molecule has 3 amide bonds. The van der Waals surface area contributed by atoms with E-state index in [1.165, 1.54) is 12.1 Å². The highest BCUT2D eigenvalue weighted by Gasteiger charge is 2.34. The van der Waals surface area contributed by atoms with Gasteiger partial charge in [0.15, 0.2) is 0 Å². The molecule has 0 aliphatic rings. The highest BCUT2D eigenvalue weighted by Crippen LogP contribution is 2.15. The number of rotatable bonds is 15. The lowest BCUT2D eigenvalue weighted by atomic mass is 9.94. The highest BCUT2D eigenvalue weighted by molar-refractivity contribution is 5.94. The lowest BCUT2D eigenvalue weighted by Gasteiger charge is -2.30. The van der Waals surface area contributed by atoms with E-state index < -0.39 is 47.9 Å². The number of carboxylic acid groups (broad SMARTS) is 1. The van der Waals surface area contributed by atoms with Crippen LogP contribution in [0.5, 0.6) is 5.75 Å². The van der Waals surface area contributed by atoms with Gasteiger partial charge in [-0.05, 0) is 41.9 Å². The summed E-state index contributed by atoms with van der Waals surface area (Å²) in [5.41, 5.74) is 6.62. The number of hydrogen-bond acceptors (Lipinski definition) is 6. The Hall–Kier alpha value is -3.14. The predicted octanol–water partition coefficient (Wildman–Crippen LogP) is 1.94. The quantitative estimate of drug-likeness (QED) is 0.205. The first-order valence-electron chi connectivity index (χ1n) is 13.0. The lowest BCUT2D eigenvalue weighted by Crippen LogP contribution is -2.60. The van der Waals surface area contributed by atoms with E-state index in [9.17, 15) is 29.4 Å². The Kier molecular flexibility index (Phi) is 13.1. The van der Waals surface area contributed by atoms with Crippen molar-refractivity contribution in [2.45, 2.75) is 91.4 Å². The van der Waals surface area contributed by atoms with Crippen LogP contribution in [0.3, 0.4) is 0 Å². The molecule has 0 aliphatic carbocycles. The zero-order valence-corrected chi connectivity index (χ0v) is 22.8. The molecule has 0 heterocycles. The number of aliphatic carboxylic acids is 1. The number of amides is 3. The van der Waals surface area contributed by atoms with Crippen molar-refractivity contribution < 1.29 is 29.4 Å². The van der Waals surface area contributed by atoms with Gasteiger partial charge in [0.2, 0.25) is 17.7 Å². The fourth-order valence-electron chi connectivity index (χ4n) is 3.85. The largest absolute Gasteiger partial charge is 0.508 e. The molecule has 0 saturated heterocycles. The average Bonchev–Trinajstić information content (AvgIpc) is 2.84. The van der Waals surface area contributed by atoms with E-state index in [1.54, 1.807) is 19.1 Å². The Morgan fingerprint density at radius 3 is 1.70 bits per heavy atom. The van der Waals surface area contributed by atoms with E-state index in [0.717, 1.165) is 0 Å². The fourth-order valence-corrected chi connectivity index (χ4v) is 3.85. The van der Waals surface area contributed by atoms with Gasteiger partial charge in [-0.3, -0.25) is 14.4 Å². The Labute approximate surface area is 219 Å². The van der Waals surface area contributed by atoms with Crippen LogP contribution >= 0.6 is 0 Å². The third-order valence-corrected chi connectivity index (χ3v) is 6.64. The number of nitrogens with one attached hydrogen (secondary N) is 3. The van der Waals surface area contributed by atoms with E-state index in [1.807, 2.05) is 34.6 Å². The second kappa shape index (κ2) is 15.2. The predicted molar refractivity (Wildman–Crippen MR) is 142 cm³/mol. The molecule has 0 saturated carbocycles. The second-order valence-corrected chi connectivity index (χ2v) is 10.2. The molecule has 0 aromatic heterocycles. The molecule has 0 fully saturated rings. The maximum Gasteiger partial charge on any atom is 0.326 e. The number of carbonyl (C=O) groups excluding carboxylic acids is 3.